The fourth-order valence-electron chi connectivity index (χ4n) is 1.50. The minimum Gasteiger partial charge on any atom is -0.409 e. The molecule has 4 nitrogen and oxygen atoms in total. The maximum atomic E-state index is 8.67. The van der Waals surface area contributed by atoms with Gasteiger partial charge in [0.15, 0.2) is 0 Å². The van der Waals surface area contributed by atoms with Gasteiger partial charge in [0, 0.05) is 16.3 Å². The molecule has 0 aliphatic rings. The van der Waals surface area contributed by atoms with Gasteiger partial charge in [-0.25, -0.2) is 0 Å². The van der Waals surface area contributed by atoms with Crippen molar-refractivity contribution in [2.45, 2.75) is 33.2 Å². The molecule has 0 aromatic carbocycles. The molecule has 1 aromatic rings. The molecule has 0 saturated carbocycles. The number of nitrogens with two attached hydrogens (primary N) is 1. The molecule has 1 heterocycles. The van der Waals surface area contributed by atoms with Crippen LogP contribution in [0.2, 0.25) is 0 Å². The molecule has 96 valence electrons. The Morgan fingerprint density at radius 3 is 2.88 bits per heavy atom. The van der Waals surface area contributed by atoms with Crippen LogP contribution in [0.5, 0.6) is 0 Å². The highest BCUT2D eigenvalue weighted by Crippen LogP contribution is 2.22. The van der Waals surface area contributed by atoms with E-state index in [4.69, 9.17) is 10.9 Å². The average molecular weight is 255 g/mol. The SMILES string of the molecule is C[C@H](NCCC(C)(C)/C(N)=N/O)c1cccs1. The van der Waals surface area contributed by atoms with Gasteiger partial charge in [0.1, 0.15) is 5.84 Å². The fraction of sp³-hybridized carbons (Fsp3) is 0.583. The van der Waals surface area contributed by atoms with Gasteiger partial charge in [-0.1, -0.05) is 25.1 Å². The molecule has 0 spiro atoms. The highest BCUT2D eigenvalue weighted by Gasteiger charge is 2.23. The van der Waals surface area contributed by atoms with E-state index in [0.29, 0.717) is 6.04 Å². The lowest BCUT2D eigenvalue weighted by Gasteiger charge is -2.23. The molecule has 0 amide bonds. The first kappa shape index (κ1) is 14.0. The highest BCUT2D eigenvalue weighted by atomic mass is 32.1. The van der Waals surface area contributed by atoms with Crippen LogP contribution in [-0.2, 0) is 0 Å². The molecule has 1 aromatic heterocycles. The van der Waals surface area contributed by atoms with Crippen molar-refractivity contribution in [3.05, 3.63) is 22.4 Å². The lowest BCUT2D eigenvalue weighted by Crippen LogP contribution is -2.35. The summed E-state index contributed by atoms with van der Waals surface area (Å²) < 4.78 is 0. The Balaban J connectivity index is 2.38. The predicted molar refractivity (Wildman–Crippen MR) is 72.5 cm³/mol. The molecule has 5 heteroatoms. The summed E-state index contributed by atoms with van der Waals surface area (Å²) in [7, 11) is 0. The fourth-order valence-corrected chi connectivity index (χ4v) is 2.26. The maximum absolute atomic E-state index is 8.67. The predicted octanol–water partition coefficient (Wildman–Crippen LogP) is 2.56. The number of hydrogen-bond donors (Lipinski definition) is 3. The van der Waals surface area contributed by atoms with E-state index in [9.17, 15) is 0 Å². The molecule has 0 saturated heterocycles. The number of rotatable bonds is 6. The van der Waals surface area contributed by atoms with Crippen LogP contribution in [0.25, 0.3) is 0 Å². The number of amidine groups is 1. The monoisotopic (exact) mass is 255 g/mol. The van der Waals surface area contributed by atoms with E-state index in [1.165, 1.54) is 4.88 Å². The topological polar surface area (TPSA) is 70.6 Å². The summed E-state index contributed by atoms with van der Waals surface area (Å²) >= 11 is 1.75. The zero-order valence-electron chi connectivity index (χ0n) is 10.6. The van der Waals surface area contributed by atoms with E-state index in [1.807, 2.05) is 13.8 Å². The van der Waals surface area contributed by atoms with Gasteiger partial charge in [-0.3, -0.25) is 0 Å². The van der Waals surface area contributed by atoms with Crippen molar-refractivity contribution in [1.82, 2.24) is 5.32 Å². The van der Waals surface area contributed by atoms with Crippen molar-refractivity contribution in [1.29, 1.82) is 0 Å². The molecule has 0 aliphatic heterocycles. The molecule has 0 fully saturated rings. The third-order valence-corrected chi connectivity index (χ3v) is 4.03. The van der Waals surface area contributed by atoms with Crippen molar-refractivity contribution >= 4 is 17.2 Å². The molecule has 1 atom stereocenters. The second-order valence-corrected chi connectivity index (χ2v) is 5.79. The van der Waals surface area contributed by atoms with Crippen LogP contribution < -0.4 is 11.1 Å². The van der Waals surface area contributed by atoms with E-state index in [2.05, 4.69) is 34.9 Å². The first-order valence-electron chi connectivity index (χ1n) is 5.72. The number of thiophene rings is 1. The molecular weight excluding hydrogens is 234 g/mol. The maximum Gasteiger partial charge on any atom is 0.144 e. The van der Waals surface area contributed by atoms with Crippen molar-refractivity contribution in [3.63, 3.8) is 0 Å². The summed E-state index contributed by atoms with van der Waals surface area (Å²) in [5, 5.41) is 17.3. The summed E-state index contributed by atoms with van der Waals surface area (Å²) in [6.07, 6.45) is 0.832. The lowest BCUT2D eigenvalue weighted by atomic mass is 9.88. The highest BCUT2D eigenvalue weighted by molar-refractivity contribution is 7.10. The zero-order chi connectivity index (χ0) is 12.9. The molecule has 0 aliphatic carbocycles. The Morgan fingerprint density at radius 2 is 2.35 bits per heavy atom. The quantitative estimate of drug-likeness (QED) is 0.317. The van der Waals surface area contributed by atoms with E-state index in [0.717, 1.165) is 13.0 Å². The Kier molecular flexibility index (Phi) is 4.96. The summed E-state index contributed by atoms with van der Waals surface area (Å²) in [6, 6.07) is 4.52. The van der Waals surface area contributed by atoms with Crippen molar-refractivity contribution < 1.29 is 5.21 Å². The largest absolute Gasteiger partial charge is 0.409 e. The van der Waals surface area contributed by atoms with Gasteiger partial charge in [0.25, 0.3) is 0 Å². The Bertz CT molecular complexity index is 360. The molecule has 0 bridgehead atoms. The molecule has 0 unspecified atom stereocenters. The number of nitrogens with zero attached hydrogens (tertiary/aromatic N) is 1. The van der Waals surface area contributed by atoms with Gasteiger partial charge < -0.3 is 16.3 Å². The second kappa shape index (κ2) is 6.02. The molecule has 1 rings (SSSR count). The summed E-state index contributed by atoms with van der Waals surface area (Å²) in [4.78, 5) is 1.33. The summed E-state index contributed by atoms with van der Waals surface area (Å²) in [5.41, 5.74) is 5.36. The van der Waals surface area contributed by atoms with Crippen LogP contribution in [0.3, 0.4) is 0 Å². The zero-order valence-corrected chi connectivity index (χ0v) is 11.4. The van der Waals surface area contributed by atoms with Crippen LogP contribution >= 0.6 is 11.3 Å². The van der Waals surface area contributed by atoms with E-state index < -0.39 is 0 Å². The van der Waals surface area contributed by atoms with E-state index in [-0.39, 0.29) is 11.3 Å². The lowest BCUT2D eigenvalue weighted by molar-refractivity contribution is 0.304. The third-order valence-electron chi connectivity index (χ3n) is 2.97. The Hall–Kier alpha value is -1.07. The normalized spacial score (nSPS) is 14.9. The van der Waals surface area contributed by atoms with E-state index in [1.54, 1.807) is 11.3 Å². The number of nitrogens with one attached hydrogen (secondary N) is 1. The summed E-state index contributed by atoms with van der Waals surface area (Å²) in [6.45, 7) is 6.92. The van der Waals surface area contributed by atoms with Crippen LogP contribution in [0.4, 0.5) is 0 Å². The minimum atomic E-state index is -0.281. The molecule has 4 N–H and O–H groups in total. The Morgan fingerprint density at radius 1 is 1.65 bits per heavy atom. The molecule has 0 radical (unpaired) electrons. The van der Waals surface area contributed by atoms with Gasteiger partial charge >= 0.3 is 0 Å². The summed E-state index contributed by atoms with van der Waals surface area (Å²) in [5.74, 6) is 0.281. The first-order valence-corrected chi connectivity index (χ1v) is 6.60. The van der Waals surface area contributed by atoms with Crippen LogP contribution in [0, 0.1) is 5.41 Å². The van der Waals surface area contributed by atoms with E-state index >= 15 is 0 Å². The smallest absolute Gasteiger partial charge is 0.144 e. The van der Waals surface area contributed by atoms with Crippen LogP contribution in [-0.4, -0.2) is 17.6 Å². The van der Waals surface area contributed by atoms with Crippen LogP contribution in [0.15, 0.2) is 22.7 Å². The van der Waals surface area contributed by atoms with Gasteiger partial charge in [-0.05, 0) is 31.3 Å². The van der Waals surface area contributed by atoms with Gasteiger partial charge in [0.05, 0.1) is 0 Å². The number of oxime groups is 1. The van der Waals surface area contributed by atoms with Gasteiger partial charge in [-0.15, -0.1) is 11.3 Å². The average Bonchev–Trinajstić information content (AvgIpc) is 2.80. The van der Waals surface area contributed by atoms with Crippen LogP contribution in [0.1, 0.15) is 38.1 Å². The first-order chi connectivity index (χ1) is 7.97. The second-order valence-electron chi connectivity index (χ2n) is 4.81. The van der Waals surface area contributed by atoms with Crippen molar-refractivity contribution in [2.75, 3.05) is 6.54 Å². The van der Waals surface area contributed by atoms with Crippen molar-refractivity contribution in [3.8, 4) is 0 Å². The standard InChI is InChI=1S/C12H21N3OS/c1-9(10-5-4-8-17-10)14-7-6-12(2,3)11(13)15-16/h4-5,8-9,14,16H,6-7H2,1-3H3,(H2,13,15)/t9-/m0/s1. The van der Waals surface area contributed by atoms with Crippen molar-refractivity contribution in [2.24, 2.45) is 16.3 Å². The number of hydrogen-bond acceptors (Lipinski definition) is 4. The van der Waals surface area contributed by atoms with Gasteiger partial charge in [-0.2, -0.15) is 0 Å². The minimum absolute atomic E-state index is 0.281. The third kappa shape index (κ3) is 4.02. The molecular formula is C12H21N3OS. The Labute approximate surface area is 107 Å². The molecule has 17 heavy (non-hydrogen) atoms. The van der Waals surface area contributed by atoms with Gasteiger partial charge in [0.2, 0.25) is 0 Å².